The van der Waals surface area contributed by atoms with Gasteiger partial charge in [-0.05, 0) is 80.8 Å². The quantitative estimate of drug-likeness (QED) is 0.0123. The van der Waals surface area contributed by atoms with E-state index in [-0.39, 0.29) is 116 Å². The van der Waals surface area contributed by atoms with Crippen LogP contribution in [0.4, 0.5) is 5.82 Å². The molecule has 4 aromatic carbocycles. The largest absolute Gasteiger partial charge is 0.497 e. The summed E-state index contributed by atoms with van der Waals surface area (Å²) >= 11 is 0. The number of benzene rings is 4. The number of hydrogen-bond donors (Lipinski definition) is 2. The number of carbonyl (C=O) groups is 5. The number of para-hydroxylation sites is 1. The highest BCUT2D eigenvalue weighted by molar-refractivity contribution is 7.51. The standard InChI is InChI=1S/C69H90N7O22P/c1-45(2)76(46(3)4)99(82,93-38-36-88-34-32-86-30-29-85-31-33-87-35-37-89-68-62(73-47(5)77)65(95-50(8)80)64(94-49(7)79)59(97-68)40-90-48(6)78)98-57-39-61(75-44-72-63-66(70-43-71-67(63)75)74-60(81)42-91-56-19-15-12-16-20-56)96-58(57)41-92-69(51-17-13-11-14-18-51,52-21-25-54(83-9)26-22-52)53-23-27-55(84-10)28-24-53/h11-28,43-46,57-59,61-62,64-65,68H,29-42H2,1-10H3,(H,73,77)(H,70,71,74,81)/t57-,58+,59+,61+,62+,64-,65+,68+,99?/m0/s1. The third kappa shape index (κ3) is 21.5. The normalized spacial score (nSPS) is 19.9. The summed E-state index contributed by atoms with van der Waals surface area (Å²) in [5.74, 6) is -1.06. The van der Waals surface area contributed by atoms with E-state index in [0.717, 1.165) is 30.5 Å². The van der Waals surface area contributed by atoms with Crippen LogP contribution in [0, 0.1) is 0 Å². The Balaban J connectivity index is 0.894. The molecule has 99 heavy (non-hydrogen) atoms. The van der Waals surface area contributed by atoms with E-state index >= 15 is 4.57 Å². The zero-order chi connectivity index (χ0) is 70.9. The van der Waals surface area contributed by atoms with Gasteiger partial charge in [0.15, 0.2) is 42.1 Å². The maximum absolute atomic E-state index is 15.9. The second-order valence-corrected chi connectivity index (χ2v) is 25.3. The van der Waals surface area contributed by atoms with Gasteiger partial charge in [-0.15, -0.1) is 0 Å². The highest BCUT2D eigenvalue weighted by atomic mass is 31.2. The number of anilines is 1. The van der Waals surface area contributed by atoms with Crippen molar-refractivity contribution in [3.63, 3.8) is 0 Å². The van der Waals surface area contributed by atoms with Gasteiger partial charge in [-0.3, -0.25) is 37.6 Å². The Morgan fingerprint density at radius 3 is 1.72 bits per heavy atom. The zero-order valence-electron chi connectivity index (χ0n) is 57.4. The average molecular weight is 1400 g/mol. The number of methoxy groups -OCH3 is 2. The molecule has 6 aromatic rings. The van der Waals surface area contributed by atoms with Gasteiger partial charge in [0.1, 0.15) is 66.4 Å². The van der Waals surface area contributed by atoms with E-state index in [9.17, 15) is 24.0 Å². The molecule has 2 aliphatic rings. The summed E-state index contributed by atoms with van der Waals surface area (Å²) in [6.07, 6.45) is -4.58. The SMILES string of the molecule is COc1ccc(C(OC[C@H]2O[C@@H](n3cnc4c(NC(=O)COc5ccccc5)ncnc43)C[C@@H]2OP(=O)(OCCOCCOCCOCCOCCO[C@@H]2O[C@H](COC(C)=O)[C@H](OC(C)=O)[C@H](OC(C)=O)[C@H]2NC(C)=O)N(C(C)C)C(C)C)(c2ccccc2)c2ccc(OC)cc2)cc1. The first-order chi connectivity index (χ1) is 47.7. The van der Waals surface area contributed by atoms with Gasteiger partial charge in [0.05, 0.1) is 93.2 Å². The lowest BCUT2D eigenvalue weighted by Gasteiger charge is -2.44. The molecule has 1 unspecified atom stereocenters. The Hall–Kier alpha value is -8.03. The molecular weight excluding hydrogens is 1310 g/mol. The maximum atomic E-state index is 15.9. The minimum Gasteiger partial charge on any atom is -0.497 e. The fraction of sp³-hybridized carbons (Fsp3) is 0.507. The van der Waals surface area contributed by atoms with E-state index in [2.05, 4.69) is 25.6 Å². The van der Waals surface area contributed by atoms with Crippen LogP contribution in [0.25, 0.3) is 11.2 Å². The first-order valence-corrected chi connectivity index (χ1v) is 34.1. The van der Waals surface area contributed by atoms with Crippen LogP contribution in [0.1, 0.15) is 84.7 Å². The second-order valence-electron chi connectivity index (χ2n) is 23.4. The van der Waals surface area contributed by atoms with E-state index in [4.69, 9.17) is 75.4 Å². The molecule has 30 heteroatoms. The molecule has 2 fully saturated rings. The third-order valence-corrected chi connectivity index (χ3v) is 18.2. The van der Waals surface area contributed by atoms with Crippen LogP contribution in [0.15, 0.2) is 122 Å². The molecule has 2 saturated heterocycles. The van der Waals surface area contributed by atoms with Crippen molar-refractivity contribution in [2.75, 3.05) is 105 Å². The summed E-state index contributed by atoms with van der Waals surface area (Å²) in [5.41, 5.74) is 1.71. The van der Waals surface area contributed by atoms with Crippen molar-refractivity contribution in [1.29, 1.82) is 0 Å². The minimum absolute atomic E-state index is 0.0349. The van der Waals surface area contributed by atoms with E-state index in [1.54, 1.807) is 41.9 Å². The van der Waals surface area contributed by atoms with Crippen molar-refractivity contribution in [1.82, 2.24) is 29.5 Å². The van der Waals surface area contributed by atoms with Gasteiger partial charge in [0.25, 0.3) is 5.91 Å². The highest BCUT2D eigenvalue weighted by Gasteiger charge is 2.52. The first kappa shape index (κ1) is 76.7. The fourth-order valence-corrected chi connectivity index (χ4v) is 13.8. The molecule has 2 N–H and O–H groups in total. The van der Waals surface area contributed by atoms with Crippen molar-refractivity contribution in [3.8, 4) is 17.2 Å². The van der Waals surface area contributed by atoms with E-state index < -0.39 is 92.1 Å². The van der Waals surface area contributed by atoms with E-state index in [0.29, 0.717) is 22.9 Å². The molecule has 538 valence electrons. The predicted molar refractivity (Wildman–Crippen MR) is 356 cm³/mol. The van der Waals surface area contributed by atoms with Crippen LogP contribution in [-0.2, 0) is 95.3 Å². The van der Waals surface area contributed by atoms with E-state index in [1.807, 2.05) is 125 Å². The molecule has 4 heterocycles. The van der Waals surface area contributed by atoms with Crippen LogP contribution in [0.2, 0.25) is 0 Å². The number of nitrogens with one attached hydrogen (secondary N) is 2. The van der Waals surface area contributed by atoms with Crippen LogP contribution in [0.5, 0.6) is 17.2 Å². The van der Waals surface area contributed by atoms with Gasteiger partial charge < -0.3 is 76.9 Å². The van der Waals surface area contributed by atoms with Crippen molar-refractivity contribution >= 4 is 54.5 Å². The summed E-state index contributed by atoms with van der Waals surface area (Å²) in [7, 11) is -1.05. The van der Waals surface area contributed by atoms with Crippen LogP contribution >= 0.6 is 7.75 Å². The van der Waals surface area contributed by atoms with Gasteiger partial charge in [0, 0.05) is 46.2 Å². The summed E-state index contributed by atoms with van der Waals surface area (Å²) in [5, 5.41) is 5.46. The predicted octanol–water partition coefficient (Wildman–Crippen LogP) is 7.53. The number of esters is 3. The molecule has 0 saturated carbocycles. The van der Waals surface area contributed by atoms with Crippen molar-refractivity contribution < 1.29 is 104 Å². The van der Waals surface area contributed by atoms with Crippen molar-refractivity contribution in [3.05, 3.63) is 139 Å². The number of rotatable bonds is 40. The Bertz CT molecular complexity index is 3500. The van der Waals surface area contributed by atoms with Gasteiger partial charge in [-0.25, -0.2) is 24.2 Å². The molecular formula is C69H90N7O22P. The maximum Gasteiger partial charge on any atom is 0.409 e. The third-order valence-electron chi connectivity index (χ3n) is 15.6. The number of fused-ring (bicyclic) bond motifs is 1. The monoisotopic (exact) mass is 1400 g/mol. The molecule has 0 radical (unpaired) electrons. The Morgan fingerprint density at radius 2 is 1.17 bits per heavy atom. The number of ether oxygens (including phenoxy) is 14. The van der Waals surface area contributed by atoms with Crippen LogP contribution in [-0.4, -0.2) is 209 Å². The van der Waals surface area contributed by atoms with Crippen LogP contribution in [0.3, 0.4) is 0 Å². The molecule has 0 aliphatic carbocycles. The molecule has 29 nitrogen and oxygen atoms in total. The van der Waals surface area contributed by atoms with E-state index in [1.165, 1.54) is 20.2 Å². The topological polar surface area (TPSA) is 321 Å². The zero-order valence-corrected chi connectivity index (χ0v) is 58.3. The summed E-state index contributed by atoms with van der Waals surface area (Å²) in [4.78, 5) is 75.1. The number of nitrogens with zero attached hydrogens (tertiary/aromatic N) is 5. The van der Waals surface area contributed by atoms with Gasteiger partial charge >= 0.3 is 25.7 Å². The molecule has 0 bridgehead atoms. The summed E-state index contributed by atoms with van der Waals surface area (Å²) in [6, 6.07) is 32.3. The number of aromatic nitrogens is 4. The summed E-state index contributed by atoms with van der Waals surface area (Å²) < 4.78 is 115. The average Bonchev–Trinajstić information content (AvgIpc) is 1.64. The van der Waals surface area contributed by atoms with Gasteiger partial charge in [0.2, 0.25) is 5.91 Å². The van der Waals surface area contributed by atoms with Crippen molar-refractivity contribution in [2.45, 2.75) is 129 Å². The highest BCUT2D eigenvalue weighted by Crippen LogP contribution is 2.57. The lowest BCUT2D eigenvalue weighted by Crippen LogP contribution is -2.66. The molecule has 8 rings (SSSR count). The van der Waals surface area contributed by atoms with Gasteiger partial charge in [-0.2, -0.15) is 0 Å². The Kier molecular flexibility index (Phi) is 29.4. The number of amides is 2. The molecule has 2 aliphatic heterocycles. The summed E-state index contributed by atoms with van der Waals surface area (Å²) in [6.45, 7) is 12.9. The molecule has 0 spiro atoms. The minimum atomic E-state index is -4.26. The van der Waals surface area contributed by atoms with Gasteiger partial charge in [-0.1, -0.05) is 72.8 Å². The Labute approximate surface area is 575 Å². The Morgan fingerprint density at radius 1 is 0.626 bits per heavy atom. The smallest absolute Gasteiger partial charge is 0.409 e. The number of imidazole rings is 1. The van der Waals surface area contributed by atoms with Crippen LogP contribution < -0.4 is 24.8 Å². The molecule has 2 amide bonds. The molecule has 2 aromatic heterocycles. The fourth-order valence-electron chi connectivity index (χ4n) is 11.5. The number of hydrogen-bond acceptors (Lipinski definition) is 25. The second kappa shape index (κ2) is 38.0. The van der Waals surface area contributed by atoms with Crippen molar-refractivity contribution in [2.24, 2.45) is 0 Å². The first-order valence-electron chi connectivity index (χ1n) is 32.6. The number of carbonyl (C=O) groups excluding carboxylic acids is 5. The lowest BCUT2D eigenvalue weighted by molar-refractivity contribution is -0.279. The lowest BCUT2D eigenvalue weighted by atomic mass is 9.80. The molecule has 9 atom stereocenters.